The predicted molar refractivity (Wildman–Crippen MR) is 104 cm³/mol. The van der Waals surface area contributed by atoms with Gasteiger partial charge in [-0.15, -0.1) is 0 Å². The van der Waals surface area contributed by atoms with E-state index in [4.69, 9.17) is 16.3 Å². The van der Waals surface area contributed by atoms with Crippen LogP contribution in [-0.2, 0) is 10.2 Å². The molecular formula is C19H24ClN3O3. The van der Waals surface area contributed by atoms with E-state index in [1.807, 2.05) is 33.8 Å². The Hall–Kier alpha value is -2.47. The number of urea groups is 1. The number of hydrogen-bond acceptors (Lipinski definition) is 3. The van der Waals surface area contributed by atoms with E-state index in [9.17, 15) is 9.59 Å². The van der Waals surface area contributed by atoms with Gasteiger partial charge in [0.2, 0.25) is 0 Å². The number of aromatic nitrogens is 1. The number of H-pyrrole nitrogens is 1. The van der Waals surface area contributed by atoms with Gasteiger partial charge in [0.15, 0.2) is 0 Å². The zero-order chi connectivity index (χ0) is 19.5. The molecule has 1 aromatic heterocycles. The zero-order valence-electron chi connectivity index (χ0n) is 15.6. The van der Waals surface area contributed by atoms with Gasteiger partial charge in [0.1, 0.15) is 5.69 Å². The largest absolute Gasteiger partial charge is 0.461 e. The van der Waals surface area contributed by atoms with Gasteiger partial charge in [-0.3, -0.25) is 0 Å². The summed E-state index contributed by atoms with van der Waals surface area (Å²) in [4.78, 5) is 27.6. The smallest absolute Gasteiger partial charge is 0.356 e. The molecule has 0 atom stereocenters. The number of esters is 1. The monoisotopic (exact) mass is 377 g/mol. The summed E-state index contributed by atoms with van der Waals surface area (Å²) in [6.07, 6.45) is 0. The average Bonchev–Trinajstić information content (AvgIpc) is 2.96. The number of hydrogen-bond donors (Lipinski definition) is 3. The number of halogens is 1. The molecule has 1 aromatic carbocycles. The van der Waals surface area contributed by atoms with E-state index in [0.717, 1.165) is 11.3 Å². The van der Waals surface area contributed by atoms with E-state index in [-0.39, 0.29) is 17.7 Å². The van der Waals surface area contributed by atoms with Crippen molar-refractivity contribution in [1.82, 2.24) is 4.98 Å². The van der Waals surface area contributed by atoms with Crippen LogP contribution < -0.4 is 10.6 Å². The lowest BCUT2D eigenvalue weighted by atomic mass is 9.92. The number of carbonyl (C=O) groups excluding carboxylic acids is 2. The summed E-state index contributed by atoms with van der Waals surface area (Å²) in [5.41, 5.74) is 2.50. The molecule has 140 valence electrons. The molecule has 0 aliphatic rings. The van der Waals surface area contributed by atoms with E-state index in [1.165, 1.54) is 0 Å². The molecule has 2 rings (SSSR count). The third-order valence-corrected chi connectivity index (χ3v) is 4.30. The molecule has 2 aromatic rings. The minimum absolute atomic E-state index is 0.210. The van der Waals surface area contributed by atoms with Crippen LogP contribution in [0.2, 0.25) is 5.02 Å². The maximum absolute atomic E-state index is 12.4. The van der Waals surface area contributed by atoms with Crippen molar-refractivity contribution in [1.29, 1.82) is 0 Å². The van der Waals surface area contributed by atoms with Gasteiger partial charge in [-0.25, -0.2) is 9.59 Å². The first-order valence-corrected chi connectivity index (χ1v) is 8.75. The van der Waals surface area contributed by atoms with Gasteiger partial charge in [0.25, 0.3) is 0 Å². The number of rotatable bonds is 4. The van der Waals surface area contributed by atoms with Gasteiger partial charge in [-0.1, -0.05) is 44.5 Å². The first-order valence-electron chi connectivity index (χ1n) is 8.37. The van der Waals surface area contributed by atoms with E-state index in [1.54, 1.807) is 25.1 Å². The summed E-state index contributed by atoms with van der Waals surface area (Å²) in [7, 11) is 0. The summed E-state index contributed by atoms with van der Waals surface area (Å²) in [6, 6.07) is 6.60. The highest BCUT2D eigenvalue weighted by Gasteiger charge is 2.24. The number of carbonyl (C=O) groups is 2. The third kappa shape index (κ3) is 4.58. The number of nitrogens with one attached hydrogen (secondary N) is 3. The van der Waals surface area contributed by atoms with Crippen molar-refractivity contribution in [3.05, 3.63) is 46.2 Å². The van der Waals surface area contributed by atoms with E-state index in [0.29, 0.717) is 16.4 Å². The van der Waals surface area contributed by atoms with Crippen LogP contribution in [0.15, 0.2) is 24.3 Å². The highest BCUT2D eigenvalue weighted by molar-refractivity contribution is 6.34. The number of anilines is 2. The maximum atomic E-state index is 12.4. The zero-order valence-corrected chi connectivity index (χ0v) is 16.4. The van der Waals surface area contributed by atoms with Crippen molar-refractivity contribution < 1.29 is 14.3 Å². The normalized spacial score (nSPS) is 11.2. The Labute approximate surface area is 158 Å². The number of aryl methyl sites for hydroxylation is 1. The average molecular weight is 378 g/mol. The highest BCUT2D eigenvalue weighted by atomic mass is 35.5. The number of ether oxygens (including phenoxy) is 1. The molecule has 1 heterocycles. The molecule has 26 heavy (non-hydrogen) atoms. The van der Waals surface area contributed by atoms with Crippen molar-refractivity contribution in [3.8, 4) is 0 Å². The van der Waals surface area contributed by atoms with E-state index in [2.05, 4.69) is 15.6 Å². The van der Waals surface area contributed by atoms with Crippen molar-refractivity contribution in [2.24, 2.45) is 0 Å². The Morgan fingerprint density at radius 1 is 1.19 bits per heavy atom. The van der Waals surface area contributed by atoms with Gasteiger partial charge in [0, 0.05) is 11.1 Å². The summed E-state index contributed by atoms with van der Waals surface area (Å²) < 4.78 is 5.07. The molecule has 6 nitrogen and oxygen atoms in total. The van der Waals surface area contributed by atoms with E-state index < -0.39 is 12.0 Å². The molecule has 0 aliphatic heterocycles. The fraction of sp³-hybridized carbons (Fsp3) is 0.368. The number of aromatic amines is 1. The highest BCUT2D eigenvalue weighted by Crippen LogP contribution is 2.29. The van der Waals surface area contributed by atoms with Crippen molar-refractivity contribution in [3.63, 3.8) is 0 Å². The number of amides is 2. The Morgan fingerprint density at radius 3 is 2.46 bits per heavy atom. The summed E-state index contributed by atoms with van der Waals surface area (Å²) in [5, 5.41) is 5.86. The Morgan fingerprint density at radius 2 is 1.85 bits per heavy atom. The van der Waals surface area contributed by atoms with Crippen LogP contribution in [0.25, 0.3) is 0 Å². The van der Waals surface area contributed by atoms with E-state index >= 15 is 0 Å². The molecule has 0 spiro atoms. The molecule has 0 radical (unpaired) electrons. The molecule has 0 saturated carbocycles. The second-order valence-corrected chi connectivity index (χ2v) is 7.34. The fourth-order valence-electron chi connectivity index (χ4n) is 2.34. The molecule has 0 aliphatic carbocycles. The lowest BCUT2D eigenvalue weighted by Crippen LogP contribution is -2.21. The van der Waals surface area contributed by atoms with Crippen LogP contribution in [-0.4, -0.2) is 23.6 Å². The lowest BCUT2D eigenvalue weighted by Gasteiger charge is -2.15. The molecule has 7 heteroatoms. The molecule has 0 unspecified atom stereocenters. The minimum atomic E-state index is -0.521. The molecular weight excluding hydrogens is 354 g/mol. The number of benzene rings is 1. The quantitative estimate of drug-likeness (QED) is 0.648. The molecule has 0 fully saturated rings. The predicted octanol–water partition coefficient (Wildman–Crippen LogP) is 5.09. The Kier molecular flexibility index (Phi) is 5.97. The van der Waals surface area contributed by atoms with Crippen LogP contribution >= 0.6 is 11.6 Å². The van der Waals surface area contributed by atoms with Crippen LogP contribution in [0.4, 0.5) is 16.2 Å². The minimum Gasteiger partial charge on any atom is -0.461 e. The van der Waals surface area contributed by atoms with Crippen LogP contribution in [0.3, 0.4) is 0 Å². The Bertz CT molecular complexity index is 822. The summed E-state index contributed by atoms with van der Waals surface area (Å²) >= 11 is 6.20. The first kappa shape index (κ1) is 19.8. The van der Waals surface area contributed by atoms with Crippen LogP contribution in [0.5, 0.6) is 0 Å². The van der Waals surface area contributed by atoms with Gasteiger partial charge >= 0.3 is 12.0 Å². The van der Waals surface area contributed by atoms with Gasteiger partial charge in [-0.05, 0) is 31.5 Å². The van der Waals surface area contributed by atoms with Crippen LogP contribution in [0.1, 0.15) is 49.4 Å². The standard InChI is InChI=1S/C19H24ClN3O3/c1-6-26-17(24)16-13(10-14(23-16)19(3,4)5)22-18(25)21-12-9-7-8-11(2)15(12)20/h7-10,23H,6H2,1-5H3,(H2,21,22,25). The first-order chi connectivity index (χ1) is 12.1. The summed E-state index contributed by atoms with van der Waals surface area (Å²) in [6.45, 7) is 9.84. The van der Waals surface area contributed by atoms with Crippen molar-refractivity contribution in [2.45, 2.75) is 40.0 Å². The van der Waals surface area contributed by atoms with Crippen LogP contribution in [0, 0.1) is 6.92 Å². The molecule has 2 amide bonds. The summed E-state index contributed by atoms with van der Waals surface area (Å²) in [5.74, 6) is -0.521. The molecule has 0 bridgehead atoms. The topological polar surface area (TPSA) is 83.2 Å². The lowest BCUT2D eigenvalue weighted by molar-refractivity contribution is 0.0521. The Balaban J connectivity index is 2.26. The van der Waals surface area contributed by atoms with Gasteiger partial charge in [-0.2, -0.15) is 0 Å². The second-order valence-electron chi connectivity index (χ2n) is 6.96. The van der Waals surface area contributed by atoms with Crippen molar-refractivity contribution >= 4 is 35.0 Å². The SMILES string of the molecule is CCOC(=O)c1[nH]c(C(C)(C)C)cc1NC(=O)Nc1cccc(C)c1Cl. The van der Waals surface area contributed by atoms with Gasteiger partial charge < -0.3 is 20.4 Å². The maximum Gasteiger partial charge on any atom is 0.356 e. The third-order valence-electron chi connectivity index (χ3n) is 3.79. The fourth-order valence-corrected chi connectivity index (χ4v) is 2.51. The second kappa shape index (κ2) is 7.83. The van der Waals surface area contributed by atoms with Crippen molar-refractivity contribution in [2.75, 3.05) is 17.2 Å². The van der Waals surface area contributed by atoms with Gasteiger partial charge in [0.05, 0.1) is 23.0 Å². The molecule has 0 saturated heterocycles. The molecule has 3 N–H and O–H groups in total.